The summed E-state index contributed by atoms with van der Waals surface area (Å²) < 4.78 is 0. The molecule has 148 valence electrons. The van der Waals surface area contributed by atoms with E-state index in [-0.39, 0.29) is 11.8 Å². The maximum atomic E-state index is 12.4. The number of allylic oxidation sites excluding steroid dienone is 1. The number of carbonyl (C=O) groups is 2. The van der Waals surface area contributed by atoms with Crippen LogP contribution in [0, 0.1) is 0 Å². The highest BCUT2D eigenvalue weighted by molar-refractivity contribution is 6.11. The molecule has 6 heteroatoms. The minimum absolute atomic E-state index is 0.105. The molecule has 1 atom stereocenters. The highest BCUT2D eigenvalue weighted by Gasteiger charge is 2.31. The van der Waals surface area contributed by atoms with Crippen molar-refractivity contribution in [1.82, 2.24) is 20.6 Å². The number of rotatable bonds is 3. The number of nitrogens with one attached hydrogen (secondary N) is 3. The fourth-order valence-electron chi connectivity index (χ4n) is 4.20. The van der Waals surface area contributed by atoms with E-state index in [0.29, 0.717) is 17.0 Å². The number of urea groups is 1. The predicted octanol–water partition coefficient (Wildman–Crippen LogP) is 4.60. The number of pyridine rings is 1. The van der Waals surface area contributed by atoms with E-state index in [0.717, 1.165) is 33.1 Å². The van der Waals surface area contributed by atoms with E-state index in [2.05, 4.69) is 21.7 Å². The van der Waals surface area contributed by atoms with Gasteiger partial charge in [-0.1, -0.05) is 48.5 Å². The first-order chi connectivity index (χ1) is 14.5. The van der Waals surface area contributed by atoms with Gasteiger partial charge in [0.15, 0.2) is 5.78 Å². The molecule has 3 N–H and O–H groups in total. The van der Waals surface area contributed by atoms with Crippen LogP contribution in [0.4, 0.5) is 4.79 Å². The molecule has 0 fully saturated rings. The zero-order valence-electron chi connectivity index (χ0n) is 16.6. The number of carbonyl (C=O) groups excluding carboxylic acids is 2. The van der Waals surface area contributed by atoms with Crippen LogP contribution in [0.3, 0.4) is 0 Å². The number of aromatic amines is 1. The maximum absolute atomic E-state index is 12.4. The van der Waals surface area contributed by atoms with Gasteiger partial charge in [-0.25, -0.2) is 9.78 Å². The zero-order valence-corrected chi connectivity index (χ0v) is 16.6. The summed E-state index contributed by atoms with van der Waals surface area (Å²) in [4.78, 5) is 33.0. The first-order valence-corrected chi connectivity index (χ1v) is 9.79. The highest BCUT2D eigenvalue weighted by atomic mass is 16.2. The first-order valence-electron chi connectivity index (χ1n) is 9.79. The standard InChI is InChI=1S/C24H20N4O2/c1-13-20(14(2)29)23(28-24(30)25-13)19-12-17-16-10-6-7-11-18(16)26-22(17)21(27-19)15-8-4-3-5-9-15/h3-12,23,26H,1-2H3,(H2,25,28,30). The largest absolute Gasteiger partial charge is 0.353 e. The van der Waals surface area contributed by atoms with Crippen molar-refractivity contribution in [2.75, 3.05) is 0 Å². The van der Waals surface area contributed by atoms with Gasteiger partial charge in [-0.2, -0.15) is 0 Å². The van der Waals surface area contributed by atoms with Crippen LogP contribution < -0.4 is 10.6 Å². The molecule has 0 aliphatic carbocycles. The van der Waals surface area contributed by atoms with Gasteiger partial charge in [0, 0.05) is 33.1 Å². The lowest BCUT2D eigenvalue weighted by atomic mass is 9.94. The molecule has 0 bridgehead atoms. The predicted molar refractivity (Wildman–Crippen MR) is 117 cm³/mol. The van der Waals surface area contributed by atoms with Gasteiger partial charge < -0.3 is 15.6 Å². The molecule has 30 heavy (non-hydrogen) atoms. The fourth-order valence-corrected chi connectivity index (χ4v) is 4.20. The summed E-state index contributed by atoms with van der Waals surface area (Å²) in [5.74, 6) is -0.105. The molecule has 0 saturated heterocycles. The Balaban J connectivity index is 1.83. The summed E-state index contributed by atoms with van der Waals surface area (Å²) in [6.45, 7) is 3.25. The van der Waals surface area contributed by atoms with Crippen molar-refractivity contribution in [1.29, 1.82) is 0 Å². The summed E-state index contributed by atoms with van der Waals surface area (Å²) in [6, 6.07) is 19.0. The molecule has 4 aromatic rings. The third-order valence-electron chi connectivity index (χ3n) is 5.51. The van der Waals surface area contributed by atoms with Crippen molar-refractivity contribution in [2.45, 2.75) is 19.9 Å². The number of amides is 2. The van der Waals surface area contributed by atoms with E-state index in [4.69, 9.17) is 4.98 Å². The Kier molecular flexibility index (Phi) is 4.13. The van der Waals surface area contributed by atoms with Crippen LogP contribution in [0.1, 0.15) is 25.6 Å². The second-order valence-corrected chi connectivity index (χ2v) is 7.48. The quantitative estimate of drug-likeness (QED) is 0.473. The van der Waals surface area contributed by atoms with Gasteiger partial charge in [-0.05, 0) is 26.0 Å². The summed E-state index contributed by atoms with van der Waals surface area (Å²) in [5.41, 5.74) is 5.38. The molecule has 1 unspecified atom stereocenters. The van der Waals surface area contributed by atoms with Gasteiger partial charge in [-0.3, -0.25) is 4.79 Å². The Morgan fingerprint density at radius 1 is 1.00 bits per heavy atom. The molecule has 2 amide bonds. The van der Waals surface area contributed by atoms with Crippen LogP contribution in [0.15, 0.2) is 71.9 Å². The average molecular weight is 396 g/mol. The zero-order chi connectivity index (χ0) is 20.8. The van der Waals surface area contributed by atoms with Gasteiger partial charge in [0.2, 0.25) is 0 Å². The number of aromatic nitrogens is 2. The highest BCUT2D eigenvalue weighted by Crippen LogP contribution is 2.36. The molecule has 0 radical (unpaired) electrons. The molecule has 0 spiro atoms. The van der Waals surface area contributed by atoms with Crippen molar-refractivity contribution in [3.05, 3.63) is 77.6 Å². The molecule has 5 rings (SSSR count). The lowest BCUT2D eigenvalue weighted by Crippen LogP contribution is -2.45. The normalized spacial score (nSPS) is 16.6. The van der Waals surface area contributed by atoms with Crippen molar-refractivity contribution in [3.8, 4) is 11.3 Å². The molecule has 2 aromatic carbocycles. The first kappa shape index (κ1) is 18.1. The molecule has 6 nitrogen and oxygen atoms in total. The molecule has 1 aliphatic rings. The summed E-state index contributed by atoms with van der Waals surface area (Å²) in [7, 11) is 0. The number of benzene rings is 2. The molecule has 3 heterocycles. The van der Waals surface area contributed by atoms with Gasteiger partial charge in [0.1, 0.15) is 6.04 Å². The lowest BCUT2D eigenvalue weighted by Gasteiger charge is -2.27. The van der Waals surface area contributed by atoms with Crippen LogP contribution >= 0.6 is 0 Å². The Morgan fingerprint density at radius 2 is 1.73 bits per heavy atom. The Morgan fingerprint density at radius 3 is 2.50 bits per heavy atom. The van der Waals surface area contributed by atoms with Crippen LogP contribution in [-0.4, -0.2) is 21.8 Å². The number of H-pyrrole nitrogens is 1. The van der Waals surface area contributed by atoms with E-state index < -0.39 is 6.04 Å². The van der Waals surface area contributed by atoms with Gasteiger partial charge in [0.25, 0.3) is 0 Å². The summed E-state index contributed by atoms with van der Waals surface area (Å²) >= 11 is 0. The third kappa shape index (κ3) is 2.85. The van der Waals surface area contributed by atoms with Gasteiger partial charge in [0.05, 0.1) is 16.9 Å². The molecule has 1 aliphatic heterocycles. The van der Waals surface area contributed by atoms with Crippen molar-refractivity contribution in [2.24, 2.45) is 0 Å². The van der Waals surface area contributed by atoms with Crippen molar-refractivity contribution < 1.29 is 9.59 Å². The molecule has 0 saturated carbocycles. The number of hydrogen-bond donors (Lipinski definition) is 3. The Labute approximate surface area is 173 Å². The van der Waals surface area contributed by atoms with Crippen LogP contribution in [0.2, 0.25) is 0 Å². The number of nitrogens with zero attached hydrogens (tertiary/aromatic N) is 1. The number of fused-ring (bicyclic) bond motifs is 3. The summed E-state index contributed by atoms with van der Waals surface area (Å²) in [5, 5.41) is 7.64. The fraction of sp³-hybridized carbons (Fsp3) is 0.125. The summed E-state index contributed by atoms with van der Waals surface area (Å²) in [6.07, 6.45) is 0. The van der Waals surface area contributed by atoms with E-state index in [1.54, 1.807) is 6.92 Å². The van der Waals surface area contributed by atoms with E-state index >= 15 is 0 Å². The number of ketones is 1. The number of Topliss-reactive ketones (excluding diaryl/α,β-unsaturated/α-hetero) is 1. The smallest absolute Gasteiger partial charge is 0.319 e. The topological polar surface area (TPSA) is 86.9 Å². The Hall–Kier alpha value is -3.93. The van der Waals surface area contributed by atoms with Gasteiger partial charge >= 0.3 is 6.03 Å². The third-order valence-corrected chi connectivity index (χ3v) is 5.51. The molecular formula is C24H20N4O2. The van der Waals surface area contributed by atoms with Crippen LogP contribution in [0.25, 0.3) is 33.1 Å². The SMILES string of the molecule is CC(=O)C1=C(C)NC(=O)NC1c1cc2c([nH]c3ccccc32)c(-c2ccccc2)n1. The van der Waals surface area contributed by atoms with Crippen molar-refractivity contribution in [3.63, 3.8) is 0 Å². The Bertz CT molecular complexity index is 1350. The molecule has 2 aromatic heterocycles. The van der Waals surface area contributed by atoms with E-state index in [1.807, 2.05) is 54.6 Å². The lowest BCUT2D eigenvalue weighted by molar-refractivity contribution is -0.114. The number of para-hydroxylation sites is 1. The van der Waals surface area contributed by atoms with Gasteiger partial charge in [-0.15, -0.1) is 0 Å². The molecular weight excluding hydrogens is 376 g/mol. The van der Waals surface area contributed by atoms with Crippen molar-refractivity contribution >= 4 is 33.6 Å². The average Bonchev–Trinajstić information content (AvgIpc) is 3.11. The minimum atomic E-state index is -0.614. The minimum Gasteiger partial charge on any atom is -0.353 e. The second kappa shape index (κ2) is 6.84. The van der Waals surface area contributed by atoms with E-state index in [1.165, 1.54) is 6.92 Å². The second-order valence-electron chi connectivity index (χ2n) is 7.48. The number of hydrogen-bond acceptors (Lipinski definition) is 3. The maximum Gasteiger partial charge on any atom is 0.319 e. The van der Waals surface area contributed by atoms with Crippen LogP contribution in [-0.2, 0) is 4.79 Å². The monoisotopic (exact) mass is 396 g/mol. The van der Waals surface area contributed by atoms with Crippen LogP contribution in [0.5, 0.6) is 0 Å². The van der Waals surface area contributed by atoms with E-state index in [9.17, 15) is 9.59 Å².